The fourth-order valence-corrected chi connectivity index (χ4v) is 2.32. The fraction of sp³-hybridized carbons (Fsp3) is 0.0625. The zero-order valence-electron chi connectivity index (χ0n) is 12.0. The van der Waals surface area contributed by atoms with Crippen LogP contribution in [0.15, 0.2) is 40.9 Å². The number of anilines is 1. The second-order valence-corrected chi connectivity index (χ2v) is 5.94. The van der Waals surface area contributed by atoms with E-state index in [0.29, 0.717) is 9.50 Å². The smallest absolute Gasteiger partial charge is 0.342 e. The number of halogens is 2. The highest BCUT2D eigenvalue weighted by molar-refractivity contribution is 9.10. The monoisotopic (exact) mass is 408 g/mol. The van der Waals surface area contributed by atoms with E-state index in [4.69, 9.17) is 21.6 Å². The molecule has 0 bridgehead atoms. The molecule has 1 amide bonds. The molecule has 6 nitrogen and oxygen atoms in total. The van der Waals surface area contributed by atoms with Gasteiger partial charge >= 0.3 is 5.97 Å². The van der Waals surface area contributed by atoms with Crippen molar-refractivity contribution in [2.75, 3.05) is 11.9 Å². The third-order valence-corrected chi connectivity index (χ3v) is 3.62. The van der Waals surface area contributed by atoms with Gasteiger partial charge in [-0.05, 0) is 36.4 Å². The number of amides is 1. The first-order valence-corrected chi connectivity index (χ1v) is 7.73. The van der Waals surface area contributed by atoms with Crippen LogP contribution >= 0.6 is 27.5 Å². The lowest BCUT2D eigenvalue weighted by molar-refractivity contribution is -0.119. The summed E-state index contributed by atoms with van der Waals surface area (Å²) in [5.41, 5.74) is 0.373. The van der Waals surface area contributed by atoms with Gasteiger partial charge in [-0.15, -0.1) is 0 Å². The Kier molecular flexibility index (Phi) is 5.79. The van der Waals surface area contributed by atoms with Gasteiger partial charge in [-0.1, -0.05) is 27.5 Å². The maximum atomic E-state index is 11.9. The van der Waals surface area contributed by atoms with E-state index in [-0.39, 0.29) is 22.6 Å². The van der Waals surface area contributed by atoms with Crippen LogP contribution in [-0.2, 0) is 9.53 Å². The number of aromatic hydroxyl groups is 1. The molecule has 122 valence electrons. The number of rotatable bonds is 4. The van der Waals surface area contributed by atoms with Gasteiger partial charge in [0.05, 0.1) is 11.3 Å². The number of ether oxygens (including phenoxy) is 1. The third-order valence-electron chi connectivity index (χ3n) is 2.89. The first kappa shape index (κ1) is 17.8. The Morgan fingerprint density at radius 3 is 2.75 bits per heavy atom. The van der Waals surface area contributed by atoms with E-state index in [9.17, 15) is 14.7 Å². The van der Waals surface area contributed by atoms with Crippen LogP contribution in [0.4, 0.5) is 5.69 Å². The van der Waals surface area contributed by atoms with Crippen molar-refractivity contribution in [2.24, 2.45) is 0 Å². The summed E-state index contributed by atoms with van der Waals surface area (Å²) in [6.07, 6.45) is 0. The Morgan fingerprint density at radius 1 is 1.29 bits per heavy atom. The Hall–Kier alpha value is -2.56. The van der Waals surface area contributed by atoms with Gasteiger partial charge in [-0.2, -0.15) is 5.26 Å². The van der Waals surface area contributed by atoms with E-state index >= 15 is 0 Å². The summed E-state index contributed by atoms with van der Waals surface area (Å²) >= 11 is 8.99. The lowest BCUT2D eigenvalue weighted by Crippen LogP contribution is -2.21. The molecular weight excluding hydrogens is 400 g/mol. The van der Waals surface area contributed by atoms with Gasteiger partial charge < -0.3 is 15.2 Å². The number of nitrogens with zero attached hydrogens (tertiary/aromatic N) is 1. The molecule has 2 aromatic rings. The van der Waals surface area contributed by atoms with Crippen LogP contribution in [-0.4, -0.2) is 23.6 Å². The van der Waals surface area contributed by atoms with Crippen molar-refractivity contribution < 1.29 is 19.4 Å². The van der Waals surface area contributed by atoms with E-state index in [1.807, 2.05) is 6.07 Å². The number of esters is 1. The fourth-order valence-electron chi connectivity index (χ4n) is 1.78. The highest BCUT2D eigenvalue weighted by Gasteiger charge is 2.15. The number of benzene rings is 2. The number of carbonyl (C=O) groups is 2. The minimum Gasteiger partial charge on any atom is -0.507 e. The average Bonchev–Trinajstić information content (AvgIpc) is 2.55. The van der Waals surface area contributed by atoms with E-state index in [2.05, 4.69) is 21.2 Å². The molecule has 0 aliphatic heterocycles. The van der Waals surface area contributed by atoms with Crippen molar-refractivity contribution in [3.63, 3.8) is 0 Å². The summed E-state index contributed by atoms with van der Waals surface area (Å²) in [4.78, 5) is 23.8. The summed E-state index contributed by atoms with van der Waals surface area (Å²) in [7, 11) is 0. The molecule has 0 saturated carbocycles. The van der Waals surface area contributed by atoms with Crippen LogP contribution in [0.25, 0.3) is 0 Å². The molecule has 2 aromatic carbocycles. The molecule has 0 spiro atoms. The van der Waals surface area contributed by atoms with E-state index < -0.39 is 18.5 Å². The molecule has 24 heavy (non-hydrogen) atoms. The normalized spacial score (nSPS) is 9.88. The largest absolute Gasteiger partial charge is 0.507 e. The summed E-state index contributed by atoms with van der Waals surface area (Å²) in [6.45, 7) is -0.581. The van der Waals surface area contributed by atoms with Crippen LogP contribution in [0.2, 0.25) is 5.02 Å². The van der Waals surface area contributed by atoms with Gasteiger partial charge in [0, 0.05) is 9.50 Å². The van der Waals surface area contributed by atoms with Gasteiger partial charge in [-0.25, -0.2) is 4.79 Å². The second kappa shape index (κ2) is 7.81. The number of hydrogen-bond acceptors (Lipinski definition) is 5. The maximum Gasteiger partial charge on any atom is 0.342 e. The summed E-state index contributed by atoms with van der Waals surface area (Å²) in [6, 6.07) is 10.6. The standard InChI is InChI=1S/C16H10BrClN2O4/c17-10-2-4-14(21)12(5-10)16(23)24-8-15(22)20-13-6-11(18)3-1-9(13)7-19/h1-6,21H,8H2,(H,20,22). The van der Waals surface area contributed by atoms with E-state index in [1.54, 1.807) is 6.07 Å². The first-order chi connectivity index (χ1) is 11.4. The molecule has 0 aliphatic carbocycles. The van der Waals surface area contributed by atoms with Crippen molar-refractivity contribution in [3.05, 3.63) is 57.0 Å². The zero-order valence-corrected chi connectivity index (χ0v) is 14.4. The third kappa shape index (κ3) is 4.47. The molecule has 0 heterocycles. The summed E-state index contributed by atoms with van der Waals surface area (Å²) in [5.74, 6) is -1.75. The van der Waals surface area contributed by atoms with Crippen LogP contribution < -0.4 is 5.32 Å². The van der Waals surface area contributed by atoms with Gasteiger partial charge in [0.25, 0.3) is 5.91 Å². The average molecular weight is 410 g/mol. The molecule has 2 rings (SSSR count). The van der Waals surface area contributed by atoms with Crippen LogP contribution in [0.1, 0.15) is 15.9 Å². The van der Waals surface area contributed by atoms with E-state index in [1.165, 1.54) is 30.3 Å². The number of hydrogen-bond donors (Lipinski definition) is 2. The molecule has 2 N–H and O–H groups in total. The predicted octanol–water partition coefficient (Wildman–Crippen LogP) is 3.48. The molecule has 0 unspecified atom stereocenters. The summed E-state index contributed by atoms with van der Waals surface area (Å²) in [5, 5.41) is 21.4. The summed E-state index contributed by atoms with van der Waals surface area (Å²) < 4.78 is 5.43. The highest BCUT2D eigenvalue weighted by atomic mass is 79.9. The highest BCUT2D eigenvalue weighted by Crippen LogP contribution is 2.23. The SMILES string of the molecule is N#Cc1ccc(Cl)cc1NC(=O)COC(=O)c1cc(Br)ccc1O. The van der Waals surface area contributed by atoms with Crippen LogP contribution in [0.3, 0.4) is 0 Å². The van der Waals surface area contributed by atoms with Crippen LogP contribution in [0, 0.1) is 11.3 Å². The minimum absolute atomic E-state index is 0.0716. The van der Waals surface area contributed by atoms with Crippen molar-refractivity contribution >= 4 is 45.1 Å². The lowest BCUT2D eigenvalue weighted by atomic mass is 10.2. The van der Waals surface area contributed by atoms with Crippen molar-refractivity contribution in [1.82, 2.24) is 0 Å². The Morgan fingerprint density at radius 2 is 2.04 bits per heavy atom. The quantitative estimate of drug-likeness (QED) is 0.753. The van der Waals surface area contributed by atoms with Gasteiger partial charge in [0.1, 0.15) is 17.4 Å². The van der Waals surface area contributed by atoms with Gasteiger partial charge in [0.2, 0.25) is 0 Å². The lowest BCUT2D eigenvalue weighted by Gasteiger charge is -2.09. The maximum absolute atomic E-state index is 11.9. The molecule has 0 radical (unpaired) electrons. The van der Waals surface area contributed by atoms with E-state index in [0.717, 1.165) is 0 Å². The molecule has 0 aliphatic rings. The number of phenols is 1. The Bertz CT molecular complexity index is 848. The molecule has 8 heteroatoms. The second-order valence-electron chi connectivity index (χ2n) is 4.59. The predicted molar refractivity (Wildman–Crippen MR) is 90.9 cm³/mol. The van der Waals surface area contributed by atoms with Crippen molar-refractivity contribution in [2.45, 2.75) is 0 Å². The number of nitrogens with one attached hydrogen (secondary N) is 1. The Labute approximate surface area is 150 Å². The number of phenolic OH excluding ortho intramolecular Hbond substituents is 1. The molecule has 0 fully saturated rings. The van der Waals surface area contributed by atoms with Crippen LogP contribution in [0.5, 0.6) is 5.75 Å². The molecular formula is C16H10BrClN2O4. The van der Waals surface area contributed by atoms with Gasteiger partial charge in [-0.3, -0.25) is 4.79 Å². The van der Waals surface area contributed by atoms with Gasteiger partial charge in [0.15, 0.2) is 6.61 Å². The number of nitriles is 1. The van der Waals surface area contributed by atoms with Crippen molar-refractivity contribution in [3.8, 4) is 11.8 Å². The molecule has 0 aromatic heterocycles. The first-order valence-electron chi connectivity index (χ1n) is 6.56. The molecule has 0 saturated heterocycles. The minimum atomic E-state index is -0.851. The number of carbonyl (C=O) groups excluding carboxylic acids is 2. The topological polar surface area (TPSA) is 99.4 Å². The zero-order chi connectivity index (χ0) is 17.7. The Balaban J connectivity index is 2.01. The molecule has 0 atom stereocenters. The van der Waals surface area contributed by atoms with Crippen molar-refractivity contribution in [1.29, 1.82) is 5.26 Å².